The second-order valence-electron chi connectivity index (χ2n) is 4.48. The van der Waals surface area contributed by atoms with Crippen molar-refractivity contribution < 1.29 is 18.4 Å². The predicted octanol–water partition coefficient (Wildman–Crippen LogP) is 2.65. The van der Waals surface area contributed by atoms with Crippen LogP contribution in [0.15, 0.2) is 0 Å². The van der Waals surface area contributed by atoms with E-state index in [2.05, 4.69) is 0 Å². The van der Waals surface area contributed by atoms with Gasteiger partial charge in [-0.25, -0.2) is 9.59 Å². The highest BCUT2D eigenvalue weighted by molar-refractivity contribution is 6.67. The van der Waals surface area contributed by atoms with Crippen molar-refractivity contribution in [3.05, 3.63) is 0 Å². The maximum Gasteiger partial charge on any atom is 0.460 e. The van der Waals surface area contributed by atoms with Gasteiger partial charge in [0, 0.05) is 39.3 Å². The van der Waals surface area contributed by atoms with Gasteiger partial charge in [0.1, 0.15) is 0 Å². The van der Waals surface area contributed by atoms with Crippen LogP contribution in [0.4, 0.5) is 9.59 Å². The molecule has 112 valence electrons. The average molecular weight is 290 g/mol. The molecule has 0 radical (unpaired) electrons. The molecule has 0 rings (SSSR count). The Hall–Kier alpha value is -1.24. The van der Waals surface area contributed by atoms with Crippen molar-refractivity contribution in [2.24, 2.45) is 0 Å². The van der Waals surface area contributed by atoms with Gasteiger partial charge < -0.3 is 18.7 Å². The summed E-state index contributed by atoms with van der Waals surface area (Å²) >= 11 is 0. The molecular weight excluding hydrogens is 264 g/mol. The lowest BCUT2D eigenvalue weighted by Crippen LogP contribution is -2.47. The van der Waals surface area contributed by atoms with Crippen LogP contribution in [0.1, 0.15) is 27.7 Å². The summed E-state index contributed by atoms with van der Waals surface area (Å²) in [5, 5.41) is 0. The lowest BCUT2D eigenvalue weighted by Gasteiger charge is -2.28. The zero-order valence-corrected chi connectivity index (χ0v) is 13.9. The maximum atomic E-state index is 11.8. The first-order valence-electron chi connectivity index (χ1n) is 6.77. The fourth-order valence-electron chi connectivity index (χ4n) is 1.53. The molecule has 0 heterocycles. The Morgan fingerprint density at radius 3 is 1.26 bits per heavy atom. The molecule has 19 heavy (non-hydrogen) atoms. The van der Waals surface area contributed by atoms with Crippen LogP contribution >= 0.6 is 0 Å². The summed E-state index contributed by atoms with van der Waals surface area (Å²) in [6, 6.07) is 0. The number of hydrogen-bond donors (Lipinski definition) is 0. The van der Waals surface area contributed by atoms with Gasteiger partial charge in [0.15, 0.2) is 0 Å². The van der Waals surface area contributed by atoms with Crippen molar-refractivity contribution in [1.29, 1.82) is 0 Å². The molecule has 0 unspecified atom stereocenters. The predicted molar refractivity (Wildman–Crippen MR) is 76.3 cm³/mol. The van der Waals surface area contributed by atoms with Gasteiger partial charge in [0.25, 0.3) is 0 Å². The first-order valence-corrected chi connectivity index (χ1v) is 9.58. The van der Waals surface area contributed by atoms with Gasteiger partial charge in [0.05, 0.1) is 0 Å². The monoisotopic (exact) mass is 290 g/mol. The van der Waals surface area contributed by atoms with Crippen LogP contribution in [-0.4, -0.2) is 56.7 Å². The zero-order chi connectivity index (χ0) is 15.1. The molecule has 0 aliphatic heterocycles. The highest BCUT2D eigenvalue weighted by Gasteiger charge is 2.36. The van der Waals surface area contributed by atoms with E-state index in [1.165, 1.54) is 0 Å². The molecule has 0 aromatic carbocycles. The normalized spacial score (nSPS) is 10.8. The zero-order valence-electron chi connectivity index (χ0n) is 12.9. The molecule has 0 aliphatic carbocycles. The second kappa shape index (κ2) is 8.03. The molecule has 6 nitrogen and oxygen atoms in total. The maximum absolute atomic E-state index is 11.8. The highest BCUT2D eigenvalue weighted by Crippen LogP contribution is 2.11. The summed E-state index contributed by atoms with van der Waals surface area (Å²) in [6.07, 6.45) is -0.844. The van der Waals surface area contributed by atoms with Crippen LogP contribution < -0.4 is 0 Å². The summed E-state index contributed by atoms with van der Waals surface area (Å²) < 4.78 is 10.7. The number of nitrogens with zero attached hydrogens (tertiary/aromatic N) is 2. The van der Waals surface area contributed by atoms with Gasteiger partial charge in [-0.2, -0.15) is 0 Å². The van der Waals surface area contributed by atoms with E-state index < -0.39 is 20.7 Å². The number of hydrogen-bond acceptors (Lipinski definition) is 4. The third-order valence-electron chi connectivity index (χ3n) is 2.71. The van der Waals surface area contributed by atoms with Crippen LogP contribution in [0, 0.1) is 0 Å². The molecule has 0 fully saturated rings. The Morgan fingerprint density at radius 2 is 1.05 bits per heavy atom. The Bertz CT molecular complexity index is 274. The van der Waals surface area contributed by atoms with Crippen LogP contribution in [0.25, 0.3) is 0 Å². The molecule has 0 aliphatic rings. The lowest BCUT2D eigenvalue weighted by atomic mass is 10.6. The molecule has 0 atom stereocenters. The van der Waals surface area contributed by atoms with Gasteiger partial charge in [-0.05, 0) is 27.7 Å². The minimum absolute atomic E-state index is 0.422. The van der Waals surface area contributed by atoms with Crippen LogP contribution in [0.5, 0.6) is 0 Å². The van der Waals surface area contributed by atoms with Gasteiger partial charge >= 0.3 is 20.7 Å². The Labute approximate surface area is 116 Å². The van der Waals surface area contributed by atoms with E-state index in [9.17, 15) is 9.59 Å². The van der Waals surface area contributed by atoms with Crippen LogP contribution in [0.3, 0.4) is 0 Å². The molecule has 0 spiro atoms. The molecule has 0 N–H and O–H groups in total. The summed E-state index contributed by atoms with van der Waals surface area (Å²) in [4.78, 5) is 26.8. The van der Waals surface area contributed by atoms with E-state index in [1.54, 1.807) is 22.9 Å². The van der Waals surface area contributed by atoms with E-state index >= 15 is 0 Å². The number of carbonyl (C=O) groups is 2. The van der Waals surface area contributed by atoms with E-state index in [4.69, 9.17) is 8.85 Å². The Balaban J connectivity index is 4.54. The van der Waals surface area contributed by atoms with Crippen molar-refractivity contribution >= 4 is 20.7 Å². The lowest BCUT2D eigenvalue weighted by molar-refractivity contribution is 0.122. The minimum Gasteiger partial charge on any atom is -0.468 e. The highest BCUT2D eigenvalue weighted by atomic mass is 28.4. The second-order valence-corrected chi connectivity index (χ2v) is 7.69. The van der Waals surface area contributed by atoms with Gasteiger partial charge in [-0.3, -0.25) is 0 Å². The Kier molecular flexibility index (Phi) is 7.51. The number of rotatable bonds is 6. The van der Waals surface area contributed by atoms with E-state index in [-0.39, 0.29) is 0 Å². The number of carbonyl (C=O) groups excluding carboxylic acids is 2. The average Bonchev–Trinajstić information content (AvgIpc) is 2.30. The molecular formula is C12H26N2O4Si. The fourth-order valence-corrected chi connectivity index (χ4v) is 2.67. The fraction of sp³-hybridized carbons (Fsp3) is 0.833. The van der Waals surface area contributed by atoms with E-state index in [1.807, 2.05) is 27.7 Å². The van der Waals surface area contributed by atoms with Crippen molar-refractivity contribution in [2.45, 2.75) is 40.8 Å². The Morgan fingerprint density at radius 1 is 0.789 bits per heavy atom. The molecule has 0 saturated carbocycles. The molecule has 0 bridgehead atoms. The van der Waals surface area contributed by atoms with E-state index in [0.29, 0.717) is 26.2 Å². The van der Waals surface area contributed by atoms with Crippen LogP contribution in [0.2, 0.25) is 13.1 Å². The van der Waals surface area contributed by atoms with Crippen molar-refractivity contribution in [1.82, 2.24) is 9.80 Å². The largest absolute Gasteiger partial charge is 0.468 e. The third-order valence-corrected chi connectivity index (χ3v) is 4.04. The first kappa shape index (κ1) is 17.8. The molecule has 2 amide bonds. The summed E-state index contributed by atoms with van der Waals surface area (Å²) in [5.74, 6) is 0. The number of amides is 2. The molecule has 0 aromatic heterocycles. The smallest absolute Gasteiger partial charge is 0.460 e. The summed E-state index contributed by atoms with van der Waals surface area (Å²) in [7, 11) is -2.80. The molecule has 7 heteroatoms. The summed E-state index contributed by atoms with van der Waals surface area (Å²) in [6.45, 7) is 13.2. The summed E-state index contributed by atoms with van der Waals surface area (Å²) in [5.41, 5.74) is 0. The van der Waals surface area contributed by atoms with Gasteiger partial charge in [-0.15, -0.1) is 0 Å². The van der Waals surface area contributed by atoms with Crippen LogP contribution in [-0.2, 0) is 8.85 Å². The first-order chi connectivity index (χ1) is 8.81. The third kappa shape index (κ3) is 5.95. The quantitative estimate of drug-likeness (QED) is 0.706. The minimum atomic E-state index is -2.80. The SMILES string of the molecule is CCN(CC)C(=O)O[Si](C)(C)OC(=O)N(CC)CC. The van der Waals surface area contributed by atoms with Crippen molar-refractivity contribution in [2.75, 3.05) is 26.2 Å². The van der Waals surface area contributed by atoms with Crippen molar-refractivity contribution in [3.63, 3.8) is 0 Å². The van der Waals surface area contributed by atoms with Gasteiger partial charge in [-0.1, -0.05) is 0 Å². The standard InChI is InChI=1S/C12H26N2O4Si/c1-7-13(8-2)11(15)17-19(5,6)18-12(16)14(9-3)10-4/h7-10H2,1-6H3. The topological polar surface area (TPSA) is 59.1 Å². The van der Waals surface area contributed by atoms with Crippen molar-refractivity contribution in [3.8, 4) is 0 Å². The molecule has 0 aromatic rings. The molecule has 0 saturated heterocycles. The van der Waals surface area contributed by atoms with E-state index in [0.717, 1.165) is 0 Å². The van der Waals surface area contributed by atoms with Gasteiger partial charge in [0.2, 0.25) is 0 Å².